The van der Waals surface area contributed by atoms with E-state index in [1.807, 2.05) is 13.8 Å². The molecule has 0 bridgehead atoms. The van der Waals surface area contributed by atoms with Crippen molar-refractivity contribution in [1.82, 2.24) is 10.2 Å². The molecule has 2 rings (SSSR count). The highest BCUT2D eigenvalue weighted by atomic mass is 19.1. The summed E-state index contributed by atoms with van der Waals surface area (Å²) in [5.74, 6) is 0.0429. The number of ether oxygens (including phenoxy) is 2. The molecule has 2 amide bonds. The highest BCUT2D eigenvalue weighted by Gasteiger charge is 2.29. The molecule has 0 aromatic heterocycles. The summed E-state index contributed by atoms with van der Waals surface area (Å²) < 4.78 is 24.2. The molecule has 0 radical (unpaired) electrons. The number of carbonyl (C=O) groups excluding carboxylic acids is 2. The minimum Gasteiger partial charge on any atom is -0.493 e. The van der Waals surface area contributed by atoms with Crippen LogP contribution in [0.4, 0.5) is 4.39 Å². The Balaban J connectivity index is 2.20. The molecule has 0 fully saturated rings. The molecule has 0 aliphatic carbocycles. The Kier molecular flexibility index (Phi) is 9.12. The molecular formula is C23H29FN2O4. The fraction of sp³-hybridized carbons (Fsp3) is 0.391. The Morgan fingerprint density at radius 2 is 1.73 bits per heavy atom. The molecule has 0 saturated carbocycles. The van der Waals surface area contributed by atoms with Crippen molar-refractivity contribution in [2.24, 2.45) is 0 Å². The number of methoxy groups -OCH3 is 1. The van der Waals surface area contributed by atoms with Crippen LogP contribution in [0, 0.1) is 5.82 Å². The Morgan fingerprint density at radius 3 is 2.33 bits per heavy atom. The average molecular weight is 416 g/mol. The molecule has 30 heavy (non-hydrogen) atoms. The van der Waals surface area contributed by atoms with Crippen LogP contribution >= 0.6 is 0 Å². The van der Waals surface area contributed by atoms with Gasteiger partial charge in [-0.2, -0.15) is 0 Å². The number of rotatable bonds is 11. The highest BCUT2D eigenvalue weighted by molar-refractivity contribution is 5.88. The number of carbonyl (C=O) groups is 2. The van der Waals surface area contributed by atoms with Gasteiger partial charge >= 0.3 is 0 Å². The third kappa shape index (κ3) is 6.47. The van der Waals surface area contributed by atoms with Gasteiger partial charge < -0.3 is 19.7 Å². The van der Waals surface area contributed by atoms with Crippen LogP contribution in [0.1, 0.15) is 32.3 Å². The van der Waals surface area contributed by atoms with E-state index in [1.54, 1.807) is 36.4 Å². The summed E-state index contributed by atoms with van der Waals surface area (Å²) in [5.41, 5.74) is 0.726. The summed E-state index contributed by atoms with van der Waals surface area (Å²) in [6.45, 7) is 4.27. The van der Waals surface area contributed by atoms with E-state index in [0.717, 1.165) is 12.0 Å². The van der Waals surface area contributed by atoms with Gasteiger partial charge in [-0.25, -0.2) is 4.39 Å². The average Bonchev–Trinajstić information content (AvgIpc) is 2.77. The smallest absolute Gasteiger partial charge is 0.261 e. The van der Waals surface area contributed by atoms with E-state index < -0.39 is 6.04 Å². The first-order chi connectivity index (χ1) is 14.5. The van der Waals surface area contributed by atoms with Crippen molar-refractivity contribution in [1.29, 1.82) is 0 Å². The van der Waals surface area contributed by atoms with Crippen molar-refractivity contribution < 1.29 is 23.5 Å². The zero-order valence-electron chi connectivity index (χ0n) is 17.7. The van der Waals surface area contributed by atoms with E-state index in [0.29, 0.717) is 24.5 Å². The van der Waals surface area contributed by atoms with Gasteiger partial charge in [-0.1, -0.05) is 38.1 Å². The van der Waals surface area contributed by atoms with E-state index in [1.165, 1.54) is 24.1 Å². The number of hydrogen-bond acceptors (Lipinski definition) is 4. The molecule has 1 N–H and O–H groups in total. The highest BCUT2D eigenvalue weighted by Crippen LogP contribution is 2.26. The van der Waals surface area contributed by atoms with Crippen LogP contribution < -0.4 is 14.8 Å². The molecule has 2 aromatic carbocycles. The number of amides is 2. The number of nitrogens with zero attached hydrogens (tertiary/aromatic N) is 1. The first-order valence-electron chi connectivity index (χ1n) is 10.1. The number of para-hydroxylation sites is 2. The van der Waals surface area contributed by atoms with E-state index in [4.69, 9.17) is 9.47 Å². The lowest BCUT2D eigenvalue weighted by molar-refractivity contribution is -0.143. The zero-order chi connectivity index (χ0) is 21.9. The van der Waals surface area contributed by atoms with Gasteiger partial charge in [0.25, 0.3) is 5.91 Å². The monoisotopic (exact) mass is 416 g/mol. The second kappa shape index (κ2) is 11.8. The van der Waals surface area contributed by atoms with E-state index in [-0.39, 0.29) is 30.8 Å². The molecule has 2 aromatic rings. The van der Waals surface area contributed by atoms with Crippen LogP contribution in [0.2, 0.25) is 0 Å². The summed E-state index contributed by atoms with van der Waals surface area (Å²) in [6.07, 6.45) is 1.24. The van der Waals surface area contributed by atoms with Crippen LogP contribution in [0.5, 0.6) is 11.5 Å². The summed E-state index contributed by atoms with van der Waals surface area (Å²) in [7, 11) is 1.52. The second-order valence-corrected chi connectivity index (χ2v) is 6.80. The topological polar surface area (TPSA) is 67.9 Å². The molecular weight excluding hydrogens is 387 g/mol. The van der Waals surface area contributed by atoms with Crippen LogP contribution in [-0.2, 0) is 16.1 Å². The molecule has 1 atom stereocenters. The van der Waals surface area contributed by atoms with Crippen LogP contribution in [0.25, 0.3) is 0 Å². The van der Waals surface area contributed by atoms with Crippen molar-refractivity contribution in [3.05, 3.63) is 59.9 Å². The summed E-state index contributed by atoms with van der Waals surface area (Å²) >= 11 is 0. The van der Waals surface area contributed by atoms with Crippen LogP contribution in [-0.4, -0.2) is 43.0 Å². The predicted octanol–water partition coefficient (Wildman–Crippen LogP) is 3.55. The third-order valence-electron chi connectivity index (χ3n) is 4.62. The predicted molar refractivity (Wildman–Crippen MR) is 113 cm³/mol. The molecule has 0 aliphatic rings. The van der Waals surface area contributed by atoms with Gasteiger partial charge in [0.05, 0.1) is 7.11 Å². The fourth-order valence-electron chi connectivity index (χ4n) is 3.03. The molecule has 7 heteroatoms. The molecule has 0 spiro atoms. The lowest BCUT2D eigenvalue weighted by Gasteiger charge is -2.30. The minimum absolute atomic E-state index is 0.173. The minimum atomic E-state index is -0.657. The Morgan fingerprint density at radius 1 is 1.07 bits per heavy atom. The van der Waals surface area contributed by atoms with Crippen LogP contribution in [0.15, 0.2) is 48.5 Å². The van der Waals surface area contributed by atoms with Crippen molar-refractivity contribution >= 4 is 11.8 Å². The normalized spacial score (nSPS) is 11.5. The van der Waals surface area contributed by atoms with Gasteiger partial charge in [0.1, 0.15) is 11.9 Å². The van der Waals surface area contributed by atoms with Crippen molar-refractivity contribution in [3.8, 4) is 11.5 Å². The van der Waals surface area contributed by atoms with E-state index in [2.05, 4.69) is 5.32 Å². The lowest BCUT2D eigenvalue weighted by Crippen LogP contribution is -2.50. The Hall–Kier alpha value is -3.09. The number of hydrogen-bond donors (Lipinski definition) is 1. The van der Waals surface area contributed by atoms with Gasteiger partial charge in [0.2, 0.25) is 5.91 Å². The Bertz CT molecular complexity index is 826. The third-order valence-corrected chi connectivity index (χ3v) is 4.62. The maximum Gasteiger partial charge on any atom is 0.261 e. The molecule has 6 nitrogen and oxygen atoms in total. The molecule has 0 aliphatic heterocycles. The van der Waals surface area contributed by atoms with Crippen molar-refractivity contribution in [3.63, 3.8) is 0 Å². The fourth-order valence-corrected chi connectivity index (χ4v) is 3.03. The Labute approximate surface area is 177 Å². The SMILES string of the molecule is CCCNC(=O)[C@@H](CC)N(Cc1ccc(F)cc1)C(=O)COc1ccccc1OC. The van der Waals surface area contributed by atoms with Gasteiger partial charge in [-0.3, -0.25) is 9.59 Å². The van der Waals surface area contributed by atoms with Gasteiger partial charge in [-0.05, 0) is 42.7 Å². The summed E-state index contributed by atoms with van der Waals surface area (Å²) in [5, 5.41) is 2.85. The van der Waals surface area contributed by atoms with Gasteiger partial charge in [-0.15, -0.1) is 0 Å². The molecule has 0 heterocycles. The zero-order valence-corrected chi connectivity index (χ0v) is 17.7. The number of benzene rings is 2. The van der Waals surface area contributed by atoms with Crippen molar-refractivity contribution in [2.45, 2.75) is 39.3 Å². The molecule has 0 saturated heterocycles. The number of halogens is 1. The summed E-state index contributed by atoms with van der Waals surface area (Å²) in [4.78, 5) is 27.2. The van der Waals surface area contributed by atoms with E-state index in [9.17, 15) is 14.0 Å². The standard InChI is InChI=1S/C23H29FN2O4/c1-4-14-25-23(28)19(5-2)26(15-17-10-12-18(24)13-11-17)22(27)16-30-21-9-7-6-8-20(21)29-3/h6-13,19H,4-5,14-16H2,1-3H3,(H,25,28)/t19-/m1/s1. The van der Waals surface area contributed by atoms with Crippen molar-refractivity contribution in [2.75, 3.05) is 20.3 Å². The number of nitrogens with one attached hydrogen (secondary N) is 1. The summed E-state index contributed by atoms with van der Waals surface area (Å²) in [6, 6.07) is 12.3. The van der Waals surface area contributed by atoms with Gasteiger partial charge in [0.15, 0.2) is 18.1 Å². The lowest BCUT2D eigenvalue weighted by atomic mass is 10.1. The maximum atomic E-state index is 13.3. The first kappa shape index (κ1) is 23.2. The van der Waals surface area contributed by atoms with Gasteiger partial charge in [0, 0.05) is 13.1 Å². The van der Waals surface area contributed by atoms with Crippen LogP contribution in [0.3, 0.4) is 0 Å². The molecule has 162 valence electrons. The molecule has 0 unspecified atom stereocenters. The van der Waals surface area contributed by atoms with E-state index >= 15 is 0 Å². The quantitative estimate of drug-likeness (QED) is 0.608. The first-order valence-corrected chi connectivity index (χ1v) is 10.1. The largest absolute Gasteiger partial charge is 0.493 e. The second-order valence-electron chi connectivity index (χ2n) is 6.80. The maximum absolute atomic E-state index is 13.3.